The van der Waals surface area contributed by atoms with Crippen LogP contribution in [0.15, 0.2) is 18.2 Å². The van der Waals surface area contributed by atoms with Gasteiger partial charge in [-0.25, -0.2) is 13.6 Å². The van der Waals surface area contributed by atoms with Crippen LogP contribution in [0.25, 0.3) is 0 Å². The highest BCUT2D eigenvalue weighted by atomic mass is 19.1. The van der Waals surface area contributed by atoms with Crippen molar-refractivity contribution >= 4 is 29.5 Å². The number of anilines is 1. The van der Waals surface area contributed by atoms with Gasteiger partial charge in [0.25, 0.3) is 11.8 Å². The van der Waals surface area contributed by atoms with Gasteiger partial charge in [0.1, 0.15) is 23.7 Å². The van der Waals surface area contributed by atoms with Gasteiger partial charge in [-0.1, -0.05) is 13.8 Å². The largest absolute Gasteiger partial charge is 0.454 e. The number of esters is 1. The second kappa shape index (κ2) is 8.11. The smallest absolute Gasteiger partial charge is 0.326 e. The highest BCUT2D eigenvalue weighted by Gasteiger charge is 2.49. The second-order valence-electron chi connectivity index (χ2n) is 5.94. The van der Waals surface area contributed by atoms with Crippen molar-refractivity contribution in [2.45, 2.75) is 32.2 Å². The first kappa shape index (κ1) is 20.3. The first-order valence-electron chi connectivity index (χ1n) is 8.27. The lowest BCUT2D eigenvalue weighted by Gasteiger charge is -2.22. The maximum Gasteiger partial charge on any atom is 0.326 e. The Bertz CT molecular complexity index is 780. The first-order valence-corrected chi connectivity index (χ1v) is 8.27. The van der Waals surface area contributed by atoms with Crippen LogP contribution in [0.4, 0.5) is 19.3 Å². The molecule has 1 fully saturated rings. The molecule has 0 radical (unpaired) electrons. The summed E-state index contributed by atoms with van der Waals surface area (Å²) in [5, 5.41) is 4.68. The van der Waals surface area contributed by atoms with E-state index in [-0.39, 0.29) is 5.69 Å². The third-order valence-corrected chi connectivity index (χ3v) is 4.31. The van der Waals surface area contributed by atoms with Crippen molar-refractivity contribution in [2.75, 3.05) is 18.5 Å². The molecule has 4 amide bonds. The lowest BCUT2D eigenvalue weighted by atomic mass is 9.93. The Labute approximate surface area is 153 Å². The van der Waals surface area contributed by atoms with Crippen molar-refractivity contribution in [3.05, 3.63) is 29.8 Å². The maximum atomic E-state index is 13.5. The molecule has 8 nitrogen and oxygen atoms in total. The molecule has 2 N–H and O–H groups in total. The van der Waals surface area contributed by atoms with Gasteiger partial charge in [-0.2, -0.15) is 0 Å². The number of carbonyl (C=O) groups excluding carboxylic acids is 4. The van der Waals surface area contributed by atoms with E-state index in [0.29, 0.717) is 18.9 Å². The Kier molecular flexibility index (Phi) is 6.09. The summed E-state index contributed by atoms with van der Waals surface area (Å²) in [5.41, 5.74) is -1.32. The van der Waals surface area contributed by atoms with Gasteiger partial charge in [0.2, 0.25) is 0 Å². The third kappa shape index (κ3) is 4.39. The number of amides is 4. The zero-order valence-corrected chi connectivity index (χ0v) is 14.8. The molecule has 1 aromatic rings. The van der Waals surface area contributed by atoms with E-state index in [9.17, 15) is 28.0 Å². The predicted molar refractivity (Wildman–Crippen MR) is 89.5 cm³/mol. The summed E-state index contributed by atoms with van der Waals surface area (Å²) in [6.45, 7) is 2.07. The summed E-state index contributed by atoms with van der Waals surface area (Å²) in [6.07, 6.45) is 0.733. The predicted octanol–water partition coefficient (Wildman–Crippen LogP) is 1.56. The molecule has 27 heavy (non-hydrogen) atoms. The minimum Gasteiger partial charge on any atom is -0.454 e. The third-order valence-electron chi connectivity index (χ3n) is 4.31. The molecule has 0 atom stereocenters. The zero-order chi connectivity index (χ0) is 20.2. The van der Waals surface area contributed by atoms with Crippen LogP contribution >= 0.6 is 0 Å². The highest BCUT2D eigenvalue weighted by Crippen LogP contribution is 2.24. The number of rotatable bonds is 7. The van der Waals surface area contributed by atoms with Crippen LogP contribution in [0.1, 0.15) is 26.7 Å². The molecule has 1 aliphatic rings. The molecule has 0 bridgehead atoms. The van der Waals surface area contributed by atoms with Gasteiger partial charge in [0.05, 0.1) is 5.69 Å². The summed E-state index contributed by atoms with van der Waals surface area (Å²) in [5.74, 6) is -4.16. The molecule has 1 aliphatic heterocycles. The second-order valence-corrected chi connectivity index (χ2v) is 5.94. The fourth-order valence-electron chi connectivity index (χ4n) is 2.65. The normalized spacial score (nSPS) is 15.5. The summed E-state index contributed by atoms with van der Waals surface area (Å²) in [4.78, 5) is 48.6. The molecular weight excluding hydrogens is 364 g/mol. The van der Waals surface area contributed by atoms with Gasteiger partial charge in [0.15, 0.2) is 6.61 Å². The van der Waals surface area contributed by atoms with Gasteiger partial charge >= 0.3 is 12.0 Å². The highest BCUT2D eigenvalue weighted by molar-refractivity contribution is 6.08. The molecule has 1 heterocycles. The average molecular weight is 383 g/mol. The maximum absolute atomic E-state index is 13.5. The minimum atomic E-state index is -1.05. The summed E-state index contributed by atoms with van der Waals surface area (Å²) >= 11 is 0. The topological polar surface area (TPSA) is 105 Å². The number of imide groups is 1. The SMILES string of the molecule is CCC1(CC)NC(=O)N(CC(=O)OCC(=O)Nc2ccc(F)cc2F)C1=O. The Morgan fingerprint density at radius 3 is 2.44 bits per heavy atom. The van der Waals surface area contributed by atoms with E-state index in [1.807, 2.05) is 0 Å². The van der Waals surface area contributed by atoms with E-state index in [0.717, 1.165) is 17.0 Å². The van der Waals surface area contributed by atoms with Crippen molar-refractivity contribution in [3.8, 4) is 0 Å². The number of benzene rings is 1. The molecule has 10 heteroatoms. The van der Waals surface area contributed by atoms with E-state index in [2.05, 4.69) is 10.6 Å². The number of nitrogens with one attached hydrogen (secondary N) is 2. The van der Waals surface area contributed by atoms with Crippen molar-refractivity contribution in [1.82, 2.24) is 10.2 Å². The molecule has 1 aromatic carbocycles. The Balaban J connectivity index is 1.88. The van der Waals surface area contributed by atoms with Crippen molar-refractivity contribution in [3.63, 3.8) is 0 Å². The quantitative estimate of drug-likeness (QED) is 0.549. The molecule has 2 rings (SSSR count). The van der Waals surface area contributed by atoms with Gasteiger partial charge in [-0.15, -0.1) is 0 Å². The van der Waals surface area contributed by atoms with Crippen LogP contribution in [0.5, 0.6) is 0 Å². The van der Waals surface area contributed by atoms with E-state index >= 15 is 0 Å². The van der Waals surface area contributed by atoms with Gasteiger partial charge in [-0.3, -0.25) is 19.3 Å². The van der Waals surface area contributed by atoms with E-state index in [1.54, 1.807) is 13.8 Å². The molecule has 1 saturated heterocycles. The van der Waals surface area contributed by atoms with Gasteiger partial charge in [0, 0.05) is 6.07 Å². The van der Waals surface area contributed by atoms with Crippen molar-refractivity contribution in [2.24, 2.45) is 0 Å². The first-order chi connectivity index (χ1) is 12.7. The lowest BCUT2D eigenvalue weighted by Crippen LogP contribution is -2.46. The molecule has 0 aliphatic carbocycles. The monoisotopic (exact) mass is 383 g/mol. The summed E-state index contributed by atoms with van der Waals surface area (Å²) in [6, 6.07) is 1.86. The molecule has 0 aromatic heterocycles. The standard InChI is InChI=1S/C17H19F2N3O5/c1-3-17(4-2)15(25)22(16(26)21-17)8-14(24)27-9-13(23)20-12-6-5-10(18)7-11(12)19/h5-7H,3-4,8-9H2,1-2H3,(H,20,23)(H,21,26). The fourth-order valence-corrected chi connectivity index (χ4v) is 2.65. The van der Waals surface area contributed by atoms with Crippen LogP contribution < -0.4 is 10.6 Å². The van der Waals surface area contributed by atoms with E-state index in [1.165, 1.54) is 0 Å². The number of halogens is 2. The Morgan fingerprint density at radius 2 is 1.89 bits per heavy atom. The van der Waals surface area contributed by atoms with Crippen LogP contribution in [-0.4, -0.2) is 47.4 Å². The van der Waals surface area contributed by atoms with Crippen LogP contribution in [-0.2, 0) is 19.1 Å². The van der Waals surface area contributed by atoms with Gasteiger partial charge in [-0.05, 0) is 25.0 Å². The number of ether oxygens (including phenoxy) is 1. The summed E-state index contributed by atoms with van der Waals surface area (Å²) < 4.78 is 31.0. The van der Waals surface area contributed by atoms with Gasteiger partial charge < -0.3 is 15.4 Å². The number of carbonyl (C=O) groups is 4. The number of urea groups is 1. The van der Waals surface area contributed by atoms with Crippen molar-refractivity contribution in [1.29, 1.82) is 0 Å². The molecular formula is C17H19F2N3O5. The minimum absolute atomic E-state index is 0.276. The summed E-state index contributed by atoms with van der Waals surface area (Å²) in [7, 11) is 0. The van der Waals surface area contributed by atoms with Crippen LogP contribution in [0, 0.1) is 11.6 Å². The van der Waals surface area contributed by atoms with E-state index < -0.39 is 54.1 Å². The average Bonchev–Trinajstić information content (AvgIpc) is 2.87. The van der Waals surface area contributed by atoms with Crippen LogP contribution in [0.3, 0.4) is 0 Å². The number of nitrogens with zero attached hydrogens (tertiary/aromatic N) is 1. The zero-order valence-electron chi connectivity index (χ0n) is 14.8. The Morgan fingerprint density at radius 1 is 1.22 bits per heavy atom. The van der Waals surface area contributed by atoms with Crippen molar-refractivity contribution < 1.29 is 32.7 Å². The Hall–Kier alpha value is -3.04. The lowest BCUT2D eigenvalue weighted by molar-refractivity contribution is -0.150. The van der Waals surface area contributed by atoms with E-state index in [4.69, 9.17) is 4.74 Å². The van der Waals surface area contributed by atoms with Crippen LogP contribution in [0.2, 0.25) is 0 Å². The molecule has 0 unspecified atom stereocenters. The number of hydrogen-bond acceptors (Lipinski definition) is 5. The molecule has 0 spiro atoms. The fraction of sp³-hybridized carbons (Fsp3) is 0.412. The molecule has 0 saturated carbocycles. The molecule has 146 valence electrons. The number of hydrogen-bond donors (Lipinski definition) is 2.